The molecule has 21 heavy (non-hydrogen) atoms. The molecule has 1 aliphatic rings. The minimum atomic E-state index is 0.202. The highest BCUT2D eigenvalue weighted by molar-refractivity contribution is 5.77. The van der Waals surface area contributed by atoms with Crippen LogP contribution in [0, 0.1) is 5.92 Å². The maximum Gasteiger partial charge on any atom is 0.223 e. The zero-order valence-corrected chi connectivity index (χ0v) is 12.8. The van der Waals surface area contributed by atoms with Gasteiger partial charge < -0.3 is 20.3 Å². The fourth-order valence-electron chi connectivity index (χ4n) is 2.61. The molecule has 0 bridgehead atoms. The van der Waals surface area contributed by atoms with Crippen LogP contribution in [0.15, 0.2) is 18.3 Å². The van der Waals surface area contributed by atoms with Crippen LogP contribution >= 0.6 is 0 Å². The third kappa shape index (κ3) is 4.07. The van der Waals surface area contributed by atoms with E-state index in [-0.39, 0.29) is 11.8 Å². The van der Waals surface area contributed by atoms with E-state index >= 15 is 0 Å². The number of methoxy groups -OCH3 is 1. The summed E-state index contributed by atoms with van der Waals surface area (Å²) in [6, 6.07) is 3.68. The standard InChI is InChI=1S/C15H24N4O2/c1-12(11-21-2)10-14(20)18-6-8-19(9-7-18)15-13(16)4-3-5-17-15/h3-5,12H,6-11,16H2,1-2H3. The van der Waals surface area contributed by atoms with Gasteiger partial charge in [0.15, 0.2) is 5.82 Å². The Morgan fingerprint density at radius 2 is 2.14 bits per heavy atom. The van der Waals surface area contributed by atoms with Crippen molar-refractivity contribution in [1.82, 2.24) is 9.88 Å². The minimum absolute atomic E-state index is 0.202. The van der Waals surface area contributed by atoms with Crippen molar-refractivity contribution in [2.24, 2.45) is 5.92 Å². The van der Waals surface area contributed by atoms with Crippen molar-refractivity contribution in [2.45, 2.75) is 13.3 Å². The molecule has 2 rings (SSSR count). The van der Waals surface area contributed by atoms with E-state index in [1.54, 1.807) is 13.3 Å². The topological polar surface area (TPSA) is 71.7 Å². The average molecular weight is 292 g/mol. The molecule has 1 fully saturated rings. The molecule has 1 unspecified atom stereocenters. The summed E-state index contributed by atoms with van der Waals surface area (Å²) < 4.78 is 5.08. The molecule has 1 saturated heterocycles. The quantitative estimate of drug-likeness (QED) is 0.876. The van der Waals surface area contributed by atoms with Crippen molar-refractivity contribution in [1.29, 1.82) is 0 Å². The number of nitrogen functional groups attached to an aromatic ring is 1. The number of pyridine rings is 1. The fourth-order valence-corrected chi connectivity index (χ4v) is 2.61. The maximum absolute atomic E-state index is 12.2. The summed E-state index contributed by atoms with van der Waals surface area (Å²) in [5, 5.41) is 0. The molecule has 2 N–H and O–H groups in total. The summed E-state index contributed by atoms with van der Waals surface area (Å²) in [6.07, 6.45) is 2.29. The van der Waals surface area contributed by atoms with Crippen LogP contribution in [0.2, 0.25) is 0 Å². The first-order chi connectivity index (χ1) is 10.1. The predicted octanol–water partition coefficient (Wildman–Crippen LogP) is 0.985. The molecule has 1 amide bonds. The lowest BCUT2D eigenvalue weighted by molar-refractivity contribution is -0.132. The van der Waals surface area contributed by atoms with Crippen molar-refractivity contribution in [2.75, 3.05) is 50.5 Å². The van der Waals surface area contributed by atoms with Gasteiger partial charge in [-0.05, 0) is 18.1 Å². The highest BCUT2D eigenvalue weighted by Gasteiger charge is 2.23. The van der Waals surface area contributed by atoms with Gasteiger partial charge in [0.1, 0.15) is 0 Å². The molecule has 0 aliphatic carbocycles. The Bertz CT molecular complexity index is 472. The number of ether oxygens (including phenoxy) is 1. The maximum atomic E-state index is 12.2. The average Bonchev–Trinajstić information content (AvgIpc) is 2.48. The predicted molar refractivity (Wildman–Crippen MR) is 83.1 cm³/mol. The third-order valence-corrected chi connectivity index (χ3v) is 3.72. The summed E-state index contributed by atoms with van der Waals surface area (Å²) in [5.41, 5.74) is 6.63. The molecule has 0 saturated carbocycles. The van der Waals surface area contributed by atoms with Crippen LogP contribution in [0.4, 0.5) is 11.5 Å². The summed E-state index contributed by atoms with van der Waals surface area (Å²) in [4.78, 5) is 20.6. The Morgan fingerprint density at radius 1 is 1.43 bits per heavy atom. The van der Waals surface area contributed by atoms with E-state index in [0.29, 0.717) is 31.8 Å². The second-order valence-electron chi connectivity index (χ2n) is 5.55. The number of nitrogens with zero attached hydrogens (tertiary/aromatic N) is 3. The Hall–Kier alpha value is -1.82. The number of piperazine rings is 1. The lowest BCUT2D eigenvalue weighted by Crippen LogP contribution is -2.49. The summed E-state index contributed by atoms with van der Waals surface area (Å²) in [5.74, 6) is 1.28. The third-order valence-electron chi connectivity index (χ3n) is 3.72. The van der Waals surface area contributed by atoms with Gasteiger partial charge in [-0.15, -0.1) is 0 Å². The van der Waals surface area contributed by atoms with Crippen molar-refractivity contribution in [3.05, 3.63) is 18.3 Å². The Labute approximate surface area is 125 Å². The van der Waals surface area contributed by atoms with Gasteiger partial charge in [0.2, 0.25) is 5.91 Å². The largest absolute Gasteiger partial charge is 0.396 e. The Kier molecular flexibility index (Phi) is 5.38. The summed E-state index contributed by atoms with van der Waals surface area (Å²) >= 11 is 0. The van der Waals surface area contributed by atoms with Crippen LogP contribution in [0.5, 0.6) is 0 Å². The molecular weight excluding hydrogens is 268 g/mol. The number of carbonyl (C=O) groups is 1. The molecule has 1 aromatic heterocycles. The second kappa shape index (κ2) is 7.26. The zero-order chi connectivity index (χ0) is 15.2. The molecule has 0 aromatic carbocycles. The zero-order valence-electron chi connectivity index (χ0n) is 12.8. The minimum Gasteiger partial charge on any atom is -0.396 e. The number of amides is 1. The van der Waals surface area contributed by atoms with Crippen molar-refractivity contribution >= 4 is 17.4 Å². The van der Waals surface area contributed by atoms with Gasteiger partial charge in [-0.25, -0.2) is 4.98 Å². The number of nitrogens with two attached hydrogens (primary N) is 1. The van der Waals surface area contributed by atoms with Crippen LogP contribution in [0.1, 0.15) is 13.3 Å². The molecular formula is C15H24N4O2. The summed E-state index contributed by atoms with van der Waals surface area (Å²) in [7, 11) is 1.66. The number of anilines is 2. The van der Waals surface area contributed by atoms with E-state index in [1.807, 2.05) is 24.0 Å². The molecule has 6 heteroatoms. The van der Waals surface area contributed by atoms with Gasteiger partial charge in [0.25, 0.3) is 0 Å². The highest BCUT2D eigenvalue weighted by Crippen LogP contribution is 2.21. The van der Waals surface area contributed by atoms with E-state index in [2.05, 4.69) is 9.88 Å². The molecule has 6 nitrogen and oxygen atoms in total. The normalized spacial score (nSPS) is 16.9. The first-order valence-electron chi connectivity index (χ1n) is 7.34. The molecule has 0 radical (unpaired) electrons. The number of carbonyl (C=O) groups excluding carboxylic acids is 1. The number of hydrogen-bond acceptors (Lipinski definition) is 5. The van der Waals surface area contributed by atoms with Crippen molar-refractivity contribution in [3.8, 4) is 0 Å². The smallest absolute Gasteiger partial charge is 0.223 e. The number of aromatic nitrogens is 1. The van der Waals surface area contributed by atoms with E-state index in [9.17, 15) is 4.79 Å². The highest BCUT2D eigenvalue weighted by atomic mass is 16.5. The van der Waals surface area contributed by atoms with Gasteiger partial charge in [-0.1, -0.05) is 6.92 Å². The van der Waals surface area contributed by atoms with Crippen LogP contribution in [-0.4, -0.2) is 55.7 Å². The van der Waals surface area contributed by atoms with Gasteiger partial charge in [0.05, 0.1) is 5.69 Å². The van der Waals surface area contributed by atoms with Crippen LogP contribution in [0.25, 0.3) is 0 Å². The number of hydrogen-bond donors (Lipinski definition) is 1. The molecule has 116 valence electrons. The molecule has 0 spiro atoms. The van der Waals surface area contributed by atoms with Crippen LogP contribution in [0.3, 0.4) is 0 Å². The van der Waals surface area contributed by atoms with E-state index < -0.39 is 0 Å². The van der Waals surface area contributed by atoms with E-state index in [4.69, 9.17) is 10.5 Å². The van der Waals surface area contributed by atoms with E-state index in [0.717, 1.165) is 18.9 Å². The molecule has 1 aliphatic heterocycles. The van der Waals surface area contributed by atoms with Crippen LogP contribution < -0.4 is 10.6 Å². The lowest BCUT2D eigenvalue weighted by atomic mass is 10.1. The van der Waals surface area contributed by atoms with E-state index in [1.165, 1.54) is 0 Å². The first kappa shape index (κ1) is 15.6. The van der Waals surface area contributed by atoms with Crippen LogP contribution in [-0.2, 0) is 9.53 Å². The monoisotopic (exact) mass is 292 g/mol. The number of rotatable bonds is 5. The van der Waals surface area contributed by atoms with Crippen molar-refractivity contribution < 1.29 is 9.53 Å². The summed E-state index contributed by atoms with van der Waals surface area (Å²) in [6.45, 7) is 5.63. The fraction of sp³-hybridized carbons (Fsp3) is 0.600. The van der Waals surface area contributed by atoms with Gasteiger partial charge in [-0.3, -0.25) is 4.79 Å². The van der Waals surface area contributed by atoms with Gasteiger partial charge >= 0.3 is 0 Å². The Balaban J connectivity index is 1.86. The SMILES string of the molecule is COCC(C)CC(=O)N1CCN(c2ncccc2N)CC1. The van der Waals surface area contributed by atoms with Gasteiger partial charge in [0, 0.05) is 52.5 Å². The Morgan fingerprint density at radius 3 is 2.76 bits per heavy atom. The lowest BCUT2D eigenvalue weighted by Gasteiger charge is -2.36. The molecule has 1 atom stereocenters. The van der Waals surface area contributed by atoms with Gasteiger partial charge in [-0.2, -0.15) is 0 Å². The van der Waals surface area contributed by atoms with Crippen molar-refractivity contribution in [3.63, 3.8) is 0 Å². The molecule has 2 heterocycles. The second-order valence-corrected chi connectivity index (χ2v) is 5.55. The first-order valence-corrected chi connectivity index (χ1v) is 7.34. The molecule has 1 aromatic rings.